The first-order valence-corrected chi connectivity index (χ1v) is 12.5. The van der Waals surface area contributed by atoms with E-state index in [2.05, 4.69) is 20.8 Å². The Morgan fingerprint density at radius 1 is 1.00 bits per heavy atom. The smallest absolute Gasteiger partial charge is 0.500 e. The fraction of sp³-hybridized carbons (Fsp3) is 0.696. The van der Waals surface area contributed by atoms with Crippen LogP contribution in [0.3, 0.4) is 0 Å². The molecule has 0 radical (unpaired) electrons. The number of esters is 1. The molecule has 0 saturated heterocycles. The molecule has 7 heteroatoms. The van der Waals surface area contributed by atoms with Crippen molar-refractivity contribution in [1.82, 2.24) is 0 Å². The number of phenolic OH excluding ortho intramolecular Hbond substituents is 1. The predicted octanol–water partition coefficient (Wildman–Crippen LogP) is 5.11. The molecule has 0 fully saturated rings. The van der Waals surface area contributed by atoms with Gasteiger partial charge >= 0.3 is 14.8 Å². The Kier molecular flexibility index (Phi) is 9.11. The van der Waals surface area contributed by atoms with Crippen molar-refractivity contribution in [3.05, 3.63) is 22.8 Å². The monoisotopic (exact) mass is 440 g/mol. The van der Waals surface area contributed by atoms with Crippen LogP contribution < -0.4 is 4.74 Å². The molecular formula is C23H40O6Si. The van der Waals surface area contributed by atoms with Gasteiger partial charge < -0.3 is 23.1 Å². The van der Waals surface area contributed by atoms with Gasteiger partial charge in [-0.3, -0.25) is 4.79 Å². The van der Waals surface area contributed by atoms with E-state index in [0.717, 1.165) is 16.7 Å². The quantitative estimate of drug-likeness (QED) is 0.327. The molecule has 0 bridgehead atoms. The van der Waals surface area contributed by atoms with Crippen molar-refractivity contribution in [2.45, 2.75) is 84.6 Å². The minimum absolute atomic E-state index is 0.273. The topological polar surface area (TPSA) is 74.2 Å². The van der Waals surface area contributed by atoms with Gasteiger partial charge in [-0.2, -0.15) is 0 Å². The molecule has 172 valence electrons. The van der Waals surface area contributed by atoms with Crippen LogP contribution in [0.2, 0.25) is 6.04 Å². The van der Waals surface area contributed by atoms with E-state index in [-0.39, 0.29) is 29.0 Å². The number of phenols is 1. The van der Waals surface area contributed by atoms with Crippen LogP contribution in [-0.2, 0) is 35.3 Å². The average Bonchev–Trinajstić information content (AvgIpc) is 2.65. The lowest BCUT2D eigenvalue weighted by Gasteiger charge is -2.31. The third-order valence-electron chi connectivity index (χ3n) is 5.28. The van der Waals surface area contributed by atoms with Crippen LogP contribution in [0.15, 0.2) is 6.07 Å². The molecular weight excluding hydrogens is 400 g/mol. The highest BCUT2D eigenvalue weighted by Crippen LogP contribution is 2.45. The SMILES string of the molecule is CCC(=O)Oc1cc(C(C)(C)C)c(O)c(C(C)(C)C)c1CCC[Si](OC)(OC)OC. The van der Waals surface area contributed by atoms with Crippen LogP contribution in [0.4, 0.5) is 0 Å². The molecule has 1 N–H and O–H groups in total. The van der Waals surface area contributed by atoms with E-state index in [1.807, 2.05) is 26.8 Å². The largest absolute Gasteiger partial charge is 0.507 e. The first-order chi connectivity index (χ1) is 13.8. The maximum atomic E-state index is 12.2. The Hall–Kier alpha value is -1.41. The Balaban J connectivity index is 3.56. The summed E-state index contributed by atoms with van der Waals surface area (Å²) in [6, 6.07) is 2.43. The molecule has 0 amide bonds. The molecule has 1 rings (SSSR count). The lowest BCUT2D eigenvalue weighted by atomic mass is 9.76. The standard InChI is InChI=1S/C23H40O6Si/c1-11-19(24)29-18-15-17(22(2,3)4)21(25)20(23(5,6)7)16(18)13-12-14-30(26-8,27-9)28-10/h15,25H,11-14H2,1-10H3. The summed E-state index contributed by atoms with van der Waals surface area (Å²) < 4.78 is 22.3. The zero-order valence-corrected chi connectivity index (χ0v) is 21.4. The van der Waals surface area contributed by atoms with Gasteiger partial charge in [0.05, 0.1) is 0 Å². The van der Waals surface area contributed by atoms with E-state index in [4.69, 9.17) is 18.0 Å². The summed E-state index contributed by atoms with van der Waals surface area (Å²) in [5, 5.41) is 11.2. The van der Waals surface area contributed by atoms with Gasteiger partial charge in [0.1, 0.15) is 11.5 Å². The molecule has 0 aromatic heterocycles. The number of benzene rings is 1. The fourth-order valence-corrected chi connectivity index (χ4v) is 5.36. The molecule has 6 nitrogen and oxygen atoms in total. The van der Waals surface area contributed by atoms with Crippen LogP contribution >= 0.6 is 0 Å². The van der Waals surface area contributed by atoms with Crippen LogP contribution in [0.25, 0.3) is 0 Å². The maximum Gasteiger partial charge on any atom is 0.500 e. The number of ether oxygens (including phenoxy) is 1. The second kappa shape index (κ2) is 10.3. The van der Waals surface area contributed by atoms with Gasteiger partial charge in [-0.1, -0.05) is 48.5 Å². The zero-order chi connectivity index (χ0) is 23.3. The summed E-state index contributed by atoms with van der Waals surface area (Å²) in [5.74, 6) is 0.500. The van der Waals surface area contributed by atoms with E-state index < -0.39 is 8.80 Å². The molecule has 0 aliphatic rings. The van der Waals surface area contributed by atoms with Gasteiger partial charge in [-0.25, -0.2) is 0 Å². The number of carbonyl (C=O) groups excluding carboxylic acids is 1. The number of rotatable bonds is 9. The molecule has 0 atom stereocenters. The van der Waals surface area contributed by atoms with Gasteiger partial charge in [0.2, 0.25) is 0 Å². The van der Waals surface area contributed by atoms with E-state index in [0.29, 0.717) is 24.6 Å². The Morgan fingerprint density at radius 2 is 1.53 bits per heavy atom. The summed E-state index contributed by atoms with van der Waals surface area (Å²) in [6.45, 7) is 14.1. The van der Waals surface area contributed by atoms with Crippen LogP contribution in [0, 0.1) is 0 Å². The van der Waals surface area contributed by atoms with E-state index in [1.165, 1.54) is 0 Å². The van der Waals surface area contributed by atoms with Crippen molar-refractivity contribution in [3.8, 4) is 11.5 Å². The normalized spacial score (nSPS) is 12.9. The maximum absolute atomic E-state index is 12.2. The summed E-state index contributed by atoms with van der Waals surface area (Å²) in [4.78, 5) is 12.2. The fourth-order valence-electron chi connectivity index (χ4n) is 3.64. The van der Waals surface area contributed by atoms with Gasteiger partial charge in [-0.15, -0.1) is 0 Å². The molecule has 0 unspecified atom stereocenters. The van der Waals surface area contributed by atoms with Crippen molar-refractivity contribution < 1.29 is 27.9 Å². The minimum atomic E-state index is -2.72. The lowest BCUT2D eigenvalue weighted by molar-refractivity contribution is -0.134. The van der Waals surface area contributed by atoms with Gasteiger partial charge in [0, 0.05) is 50.5 Å². The van der Waals surface area contributed by atoms with Crippen LogP contribution in [0.5, 0.6) is 11.5 Å². The number of hydrogen-bond donors (Lipinski definition) is 1. The number of aromatic hydroxyl groups is 1. The minimum Gasteiger partial charge on any atom is -0.507 e. The molecule has 0 spiro atoms. The van der Waals surface area contributed by atoms with E-state index in [9.17, 15) is 9.90 Å². The third-order valence-corrected chi connectivity index (χ3v) is 8.11. The highest BCUT2D eigenvalue weighted by atomic mass is 28.4. The van der Waals surface area contributed by atoms with Crippen molar-refractivity contribution in [2.75, 3.05) is 21.3 Å². The molecule has 0 aliphatic carbocycles. The second-order valence-electron chi connectivity index (χ2n) is 9.60. The van der Waals surface area contributed by atoms with Crippen LogP contribution in [0.1, 0.15) is 78.0 Å². The third kappa shape index (κ3) is 6.29. The number of carbonyl (C=O) groups is 1. The highest BCUT2D eigenvalue weighted by Gasteiger charge is 2.38. The van der Waals surface area contributed by atoms with Crippen molar-refractivity contribution in [3.63, 3.8) is 0 Å². The highest BCUT2D eigenvalue weighted by molar-refractivity contribution is 6.60. The number of hydrogen-bond acceptors (Lipinski definition) is 6. The Morgan fingerprint density at radius 3 is 1.93 bits per heavy atom. The molecule has 30 heavy (non-hydrogen) atoms. The van der Waals surface area contributed by atoms with Gasteiger partial charge in [0.15, 0.2) is 0 Å². The molecule has 0 aliphatic heterocycles. The summed E-state index contributed by atoms with van der Waals surface area (Å²) in [7, 11) is 2.07. The molecule has 1 aromatic carbocycles. The summed E-state index contributed by atoms with van der Waals surface area (Å²) >= 11 is 0. The summed E-state index contributed by atoms with van der Waals surface area (Å²) in [5.41, 5.74) is 1.78. The average molecular weight is 441 g/mol. The molecule has 0 saturated carbocycles. The zero-order valence-electron chi connectivity index (χ0n) is 20.4. The van der Waals surface area contributed by atoms with Crippen molar-refractivity contribution >= 4 is 14.8 Å². The van der Waals surface area contributed by atoms with Crippen molar-refractivity contribution in [1.29, 1.82) is 0 Å². The predicted molar refractivity (Wildman–Crippen MR) is 121 cm³/mol. The summed E-state index contributed by atoms with van der Waals surface area (Å²) in [6.07, 6.45) is 1.58. The van der Waals surface area contributed by atoms with Crippen molar-refractivity contribution in [2.24, 2.45) is 0 Å². The molecule has 0 heterocycles. The second-order valence-corrected chi connectivity index (χ2v) is 12.7. The Bertz CT molecular complexity index is 718. The first-order valence-electron chi connectivity index (χ1n) is 10.5. The lowest BCUT2D eigenvalue weighted by Crippen LogP contribution is -2.42. The van der Waals surface area contributed by atoms with Gasteiger partial charge in [-0.05, 0) is 29.7 Å². The molecule has 1 aromatic rings. The first kappa shape index (κ1) is 26.6. The van der Waals surface area contributed by atoms with E-state index in [1.54, 1.807) is 28.3 Å². The Labute approximate surface area is 183 Å². The van der Waals surface area contributed by atoms with Crippen LogP contribution in [-0.4, -0.2) is 41.2 Å². The van der Waals surface area contributed by atoms with Gasteiger partial charge in [0.25, 0.3) is 0 Å². The van der Waals surface area contributed by atoms with E-state index >= 15 is 0 Å².